The number of rotatable bonds is 18. The van der Waals surface area contributed by atoms with Gasteiger partial charge in [-0.1, -0.05) is 0 Å². The summed E-state index contributed by atoms with van der Waals surface area (Å²) in [6.07, 6.45) is 6.26. The molecule has 2 fully saturated rings. The number of pyridine rings is 4. The first-order valence-electron chi connectivity index (χ1n) is 17.8. The minimum absolute atomic E-state index is 0.236. The molecule has 54 heavy (non-hydrogen) atoms. The van der Waals surface area contributed by atoms with Gasteiger partial charge in [0.2, 0.25) is 5.88 Å². The van der Waals surface area contributed by atoms with E-state index in [1.165, 1.54) is 0 Å². The normalized spacial score (nSPS) is 15.3. The second-order valence-corrected chi connectivity index (χ2v) is 13.9. The van der Waals surface area contributed by atoms with Crippen LogP contribution in [-0.4, -0.2) is 119 Å². The number of hydrogen-bond acceptors (Lipinski definition) is 14. The van der Waals surface area contributed by atoms with E-state index in [9.17, 15) is 19.2 Å². The van der Waals surface area contributed by atoms with Crippen molar-refractivity contribution >= 4 is 57.5 Å². The highest BCUT2D eigenvalue weighted by Crippen LogP contribution is 2.42. The number of anilines is 2. The first-order valence-corrected chi connectivity index (χ1v) is 17.8. The topological polar surface area (TPSA) is 187 Å². The standard InChI is InChI=1S/C38H44N8O8/c1-45(2)19-5-21-51-26-23-28-27(39-24-26)9-11-29(40-28)42-35(49)37(15-16-37)53-32(47)13-14-33(48)54-38(17-18-38)36(50)43-30-10-7-25-8-12-31(44-34(25)41-30)52-22-6-20-46(3)4/h7-14,23-24H,5-6,15-22H2,1-4H3,(H,40,42,49)(H,41,43,44,50)/b14-13+. The zero-order valence-electron chi connectivity index (χ0n) is 30.8. The molecule has 4 aromatic rings. The SMILES string of the molecule is CN(C)CCCOc1cnc2ccc(NC(=O)C3(OC(=O)/C=C/C(=O)OC4(C(=O)Nc5ccc6ccc(OCCCN(C)C)nc6n5)CC4)CC3)nc2c1. The summed E-state index contributed by atoms with van der Waals surface area (Å²) in [4.78, 5) is 73.5. The maximum absolute atomic E-state index is 13.1. The van der Waals surface area contributed by atoms with Gasteiger partial charge in [0.15, 0.2) is 16.8 Å². The minimum Gasteiger partial charge on any atom is -0.492 e. The van der Waals surface area contributed by atoms with Crippen molar-refractivity contribution in [3.8, 4) is 11.6 Å². The highest BCUT2D eigenvalue weighted by Gasteiger charge is 2.55. The Morgan fingerprint density at radius 1 is 0.704 bits per heavy atom. The molecule has 0 aliphatic heterocycles. The monoisotopic (exact) mass is 740 g/mol. The predicted molar refractivity (Wildman–Crippen MR) is 199 cm³/mol. The van der Waals surface area contributed by atoms with E-state index in [0.29, 0.717) is 67.2 Å². The van der Waals surface area contributed by atoms with E-state index in [1.54, 1.807) is 42.6 Å². The van der Waals surface area contributed by atoms with Gasteiger partial charge in [0.1, 0.15) is 17.4 Å². The minimum atomic E-state index is -1.40. The highest BCUT2D eigenvalue weighted by molar-refractivity contribution is 6.03. The molecule has 0 unspecified atom stereocenters. The lowest BCUT2D eigenvalue weighted by atomic mass is 10.2. The number of esters is 2. The Morgan fingerprint density at radius 2 is 1.26 bits per heavy atom. The third kappa shape index (κ3) is 10.0. The van der Waals surface area contributed by atoms with E-state index in [1.807, 2.05) is 34.3 Å². The van der Waals surface area contributed by atoms with Gasteiger partial charge in [0.25, 0.3) is 11.8 Å². The Morgan fingerprint density at radius 3 is 1.85 bits per heavy atom. The van der Waals surface area contributed by atoms with Gasteiger partial charge >= 0.3 is 11.9 Å². The summed E-state index contributed by atoms with van der Waals surface area (Å²) in [6.45, 7) is 2.80. The zero-order chi connectivity index (χ0) is 38.3. The van der Waals surface area contributed by atoms with Crippen LogP contribution in [0.15, 0.2) is 60.8 Å². The average molecular weight is 741 g/mol. The summed E-state index contributed by atoms with van der Waals surface area (Å²) in [6, 6.07) is 12.1. The number of hydrogen-bond donors (Lipinski definition) is 2. The molecule has 6 rings (SSSR count). The number of ether oxygens (including phenoxy) is 4. The van der Waals surface area contributed by atoms with Crippen LogP contribution in [0.5, 0.6) is 11.6 Å². The first kappa shape index (κ1) is 38.0. The molecule has 2 N–H and O–H groups in total. The molecule has 2 aliphatic rings. The molecule has 16 nitrogen and oxygen atoms in total. The quantitative estimate of drug-likeness (QED) is 0.0857. The van der Waals surface area contributed by atoms with Crippen LogP contribution >= 0.6 is 0 Å². The van der Waals surface area contributed by atoms with Crippen molar-refractivity contribution in [2.45, 2.75) is 49.7 Å². The van der Waals surface area contributed by atoms with Gasteiger partial charge in [0.05, 0.1) is 30.4 Å². The van der Waals surface area contributed by atoms with Gasteiger partial charge in [-0.05, 0) is 71.4 Å². The van der Waals surface area contributed by atoms with Gasteiger partial charge in [-0.3, -0.25) is 14.6 Å². The van der Waals surface area contributed by atoms with Crippen molar-refractivity contribution in [2.75, 3.05) is 65.1 Å². The van der Waals surface area contributed by atoms with Crippen molar-refractivity contribution in [2.24, 2.45) is 0 Å². The van der Waals surface area contributed by atoms with E-state index >= 15 is 0 Å². The van der Waals surface area contributed by atoms with E-state index < -0.39 is 35.0 Å². The third-order valence-electron chi connectivity index (χ3n) is 8.72. The summed E-state index contributed by atoms with van der Waals surface area (Å²) in [7, 11) is 7.98. The van der Waals surface area contributed by atoms with Crippen LogP contribution in [0.3, 0.4) is 0 Å². The first-order chi connectivity index (χ1) is 25.9. The lowest BCUT2D eigenvalue weighted by Gasteiger charge is -2.16. The molecule has 0 bridgehead atoms. The molecule has 0 atom stereocenters. The van der Waals surface area contributed by atoms with E-state index in [4.69, 9.17) is 18.9 Å². The number of carbonyl (C=O) groups is 4. The van der Waals surface area contributed by atoms with Crippen LogP contribution < -0.4 is 20.1 Å². The van der Waals surface area contributed by atoms with Gasteiger partial charge in [-0.25, -0.2) is 19.6 Å². The Labute approximate surface area is 312 Å². The van der Waals surface area contributed by atoms with Crippen LogP contribution in [0.25, 0.3) is 22.1 Å². The molecule has 0 saturated heterocycles. The number of nitrogens with one attached hydrogen (secondary N) is 2. The lowest BCUT2D eigenvalue weighted by Crippen LogP contribution is -2.35. The molecule has 2 amide bonds. The molecule has 2 aliphatic carbocycles. The number of fused-ring (bicyclic) bond motifs is 2. The molecule has 4 aromatic heterocycles. The largest absolute Gasteiger partial charge is 0.492 e. The maximum atomic E-state index is 13.1. The summed E-state index contributed by atoms with van der Waals surface area (Å²) < 4.78 is 22.4. The van der Waals surface area contributed by atoms with Crippen LogP contribution in [0.2, 0.25) is 0 Å². The molecule has 0 spiro atoms. The number of amides is 2. The molecule has 284 valence electrons. The fraction of sp³-hybridized carbons (Fsp3) is 0.421. The lowest BCUT2D eigenvalue weighted by molar-refractivity contribution is -0.153. The van der Waals surface area contributed by atoms with Gasteiger partial charge in [0, 0.05) is 68.4 Å². The number of aromatic nitrogens is 4. The van der Waals surface area contributed by atoms with Crippen molar-refractivity contribution in [1.29, 1.82) is 0 Å². The van der Waals surface area contributed by atoms with Crippen LogP contribution in [0, 0.1) is 0 Å². The Kier molecular flexibility index (Phi) is 11.6. The Hall–Kier alpha value is -5.74. The fourth-order valence-corrected chi connectivity index (χ4v) is 5.42. The summed E-state index contributed by atoms with van der Waals surface area (Å²) in [5.74, 6) is -1.43. The van der Waals surface area contributed by atoms with Crippen LogP contribution in [-0.2, 0) is 28.7 Å². The molecule has 4 heterocycles. The number of carbonyl (C=O) groups excluding carboxylic acids is 4. The molecule has 0 radical (unpaired) electrons. The van der Waals surface area contributed by atoms with E-state index in [2.05, 4.69) is 40.4 Å². The fourth-order valence-electron chi connectivity index (χ4n) is 5.42. The third-order valence-corrected chi connectivity index (χ3v) is 8.72. The highest BCUT2D eigenvalue weighted by atomic mass is 16.6. The molecule has 0 aromatic carbocycles. The summed E-state index contributed by atoms with van der Waals surface area (Å²) in [5, 5.41) is 6.17. The second kappa shape index (κ2) is 16.5. The molecular formula is C38H44N8O8. The maximum Gasteiger partial charge on any atom is 0.332 e. The van der Waals surface area contributed by atoms with Gasteiger partial charge in [-0.15, -0.1) is 0 Å². The van der Waals surface area contributed by atoms with Crippen LogP contribution in [0.1, 0.15) is 38.5 Å². The Balaban J connectivity index is 0.982. The summed E-state index contributed by atoms with van der Waals surface area (Å²) >= 11 is 0. The molecule has 2 saturated carbocycles. The Bertz CT molecular complexity index is 1920. The number of nitrogens with zero attached hydrogens (tertiary/aromatic N) is 6. The van der Waals surface area contributed by atoms with Gasteiger partial charge in [-0.2, -0.15) is 4.98 Å². The van der Waals surface area contributed by atoms with Crippen molar-refractivity contribution < 1.29 is 38.1 Å². The smallest absolute Gasteiger partial charge is 0.332 e. The van der Waals surface area contributed by atoms with E-state index in [0.717, 1.165) is 43.5 Å². The van der Waals surface area contributed by atoms with Crippen molar-refractivity contribution in [3.05, 3.63) is 60.8 Å². The average Bonchev–Trinajstić information content (AvgIpc) is 4.08. The van der Waals surface area contributed by atoms with Crippen LogP contribution in [0.4, 0.5) is 11.6 Å². The summed E-state index contributed by atoms with van der Waals surface area (Å²) in [5.41, 5.74) is -1.25. The van der Waals surface area contributed by atoms with Crippen molar-refractivity contribution in [3.63, 3.8) is 0 Å². The van der Waals surface area contributed by atoms with Gasteiger partial charge < -0.3 is 39.4 Å². The predicted octanol–water partition coefficient (Wildman–Crippen LogP) is 3.52. The molecule has 16 heteroatoms. The zero-order valence-corrected chi connectivity index (χ0v) is 30.8. The second-order valence-electron chi connectivity index (χ2n) is 13.9. The van der Waals surface area contributed by atoms with E-state index in [-0.39, 0.29) is 11.6 Å². The molecular weight excluding hydrogens is 696 g/mol. The van der Waals surface area contributed by atoms with Crippen molar-refractivity contribution in [1.82, 2.24) is 29.7 Å².